The Kier molecular flexibility index (Phi) is 8.09. The zero-order chi connectivity index (χ0) is 16.7. The van der Waals surface area contributed by atoms with Gasteiger partial charge in [-0.05, 0) is 0 Å². The van der Waals surface area contributed by atoms with Crippen molar-refractivity contribution < 1.29 is 0 Å². The van der Waals surface area contributed by atoms with Crippen molar-refractivity contribution in [3.8, 4) is 0 Å². The van der Waals surface area contributed by atoms with E-state index in [0.717, 1.165) is 0 Å². The molecule has 0 aromatic heterocycles. The molecule has 0 heterocycles. The van der Waals surface area contributed by atoms with Crippen LogP contribution in [0.3, 0.4) is 0 Å². The summed E-state index contributed by atoms with van der Waals surface area (Å²) in [5, 5.41) is 0. The molecule has 0 aromatic carbocycles. The fourth-order valence-corrected chi connectivity index (χ4v) is 178. The van der Waals surface area contributed by atoms with E-state index in [4.69, 9.17) is 0 Å². The summed E-state index contributed by atoms with van der Waals surface area (Å²) in [6.45, 7) is 32.1. The Bertz CT molecular complexity index is 260. The van der Waals surface area contributed by atoms with E-state index in [1.54, 1.807) is 0 Å². The molecule has 0 spiro atoms. The summed E-state index contributed by atoms with van der Waals surface area (Å²) >= 11 is 1.53. The van der Waals surface area contributed by atoms with Crippen molar-refractivity contribution in [2.24, 2.45) is 0 Å². The number of rotatable bonds is 6. The summed E-state index contributed by atoms with van der Waals surface area (Å²) in [6, 6.07) is 0. The van der Waals surface area contributed by atoms with Crippen molar-refractivity contribution in [1.29, 1.82) is 0 Å². The van der Waals surface area contributed by atoms with Crippen molar-refractivity contribution >= 4 is 68.5 Å². The van der Waals surface area contributed by atoms with Crippen LogP contribution in [0.15, 0.2) is 0 Å². The van der Waals surface area contributed by atoms with Gasteiger partial charge in [-0.2, -0.15) is 0 Å². The van der Waals surface area contributed by atoms with Crippen LogP contribution >= 0.6 is 17.8 Å². The van der Waals surface area contributed by atoms with Gasteiger partial charge in [0.25, 0.3) is 0 Å². The fourth-order valence-electron chi connectivity index (χ4n) is 4.42. The van der Waals surface area contributed by atoms with Gasteiger partial charge in [-0.3, -0.25) is 0 Å². The molecule has 0 N–H and O–H groups in total. The molecule has 0 atom stereocenters. The summed E-state index contributed by atoms with van der Waals surface area (Å²) in [5.74, 6) is 0. The predicted molar refractivity (Wildman–Crippen MR) is 121 cm³/mol. The van der Waals surface area contributed by atoms with E-state index in [1.165, 1.54) is 5.45 Å². The van der Waals surface area contributed by atoms with E-state index >= 15 is 0 Å². The van der Waals surface area contributed by atoms with Gasteiger partial charge >= 0.3 is 152 Å². The quantitative estimate of drug-likeness (QED) is 0.222. The third-order valence-corrected chi connectivity index (χ3v) is 108. The molecular formula is C14H38IPbSi4. The van der Waals surface area contributed by atoms with Crippen LogP contribution in [-0.2, 0) is 0 Å². The summed E-state index contributed by atoms with van der Waals surface area (Å²) in [4.78, 5) is 0. The molecule has 0 nitrogen and oxygen atoms in total. The monoisotopic (exact) mass is 653 g/mol. The van der Waals surface area contributed by atoms with Crippen LogP contribution in [0.1, 0.15) is 0 Å². The van der Waals surface area contributed by atoms with Crippen molar-refractivity contribution in [3.05, 3.63) is 0 Å². The summed E-state index contributed by atoms with van der Waals surface area (Å²) in [6.07, 6.45) is 0. The second kappa shape index (κ2) is 7.18. The Labute approximate surface area is 150 Å². The predicted octanol–water partition coefficient (Wildman–Crippen LogP) is 6.66. The van der Waals surface area contributed by atoms with Crippen molar-refractivity contribution in [3.63, 3.8) is 0 Å². The van der Waals surface area contributed by atoms with Crippen molar-refractivity contribution in [2.45, 2.75) is 84.0 Å². The van der Waals surface area contributed by atoms with Gasteiger partial charge in [0.1, 0.15) is 0 Å². The first-order valence-electron chi connectivity index (χ1n) is 7.92. The van der Waals surface area contributed by atoms with Gasteiger partial charge < -0.3 is 0 Å². The molecule has 0 aromatic rings. The summed E-state index contributed by atoms with van der Waals surface area (Å²) in [5.41, 5.74) is 0. The number of hydrogen-bond donors (Lipinski definition) is 0. The molecule has 121 valence electrons. The molecule has 0 fully saturated rings. The fraction of sp³-hybridized carbons (Fsp3) is 1.00. The van der Waals surface area contributed by atoms with Gasteiger partial charge in [0.15, 0.2) is 0 Å². The van der Waals surface area contributed by atoms with Gasteiger partial charge in [0, 0.05) is 0 Å². The molecule has 0 aliphatic rings. The standard InChI is InChI=1S/2C7H19Si2.HI.Pb/c2*1-8(2,3)7-9(4,5)6;;/h2*7H,1-6H3;1H;/q;;;+1/p-1. The molecule has 0 rings (SSSR count). The second-order valence-electron chi connectivity index (χ2n) is 10.7. The first kappa shape index (κ1) is 22.5. The van der Waals surface area contributed by atoms with Gasteiger partial charge in [0.05, 0.1) is 0 Å². The van der Waals surface area contributed by atoms with E-state index < -0.39 is 50.7 Å². The van der Waals surface area contributed by atoms with Crippen molar-refractivity contribution in [1.82, 2.24) is 0 Å². The molecule has 6 heteroatoms. The maximum absolute atomic E-state index is 3.12. The van der Waals surface area contributed by atoms with Gasteiger partial charge in [0.2, 0.25) is 0 Å². The average molecular weight is 653 g/mol. The molecule has 1 radical (unpaired) electrons. The number of halogens is 1. The first-order chi connectivity index (χ1) is 8.40. The van der Waals surface area contributed by atoms with Crippen LogP contribution in [0.2, 0.25) is 84.0 Å². The zero-order valence-corrected chi connectivity index (χ0v) is 26.1. The van der Waals surface area contributed by atoms with Crippen LogP contribution in [0.5, 0.6) is 0 Å². The minimum atomic E-state index is -1.59. The van der Waals surface area contributed by atoms with E-state index in [-0.39, 0.29) is 0 Å². The van der Waals surface area contributed by atoms with Gasteiger partial charge in [-0.15, -0.1) is 0 Å². The molecule has 0 aliphatic heterocycles. The first-order valence-corrected chi connectivity index (χ1v) is 37.7. The van der Waals surface area contributed by atoms with Crippen LogP contribution in [0, 0.1) is 0 Å². The molecule has 0 bridgehead atoms. The molecule has 0 saturated carbocycles. The molecule has 0 amide bonds. The third-order valence-electron chi connectivity index (χ3n) is 4.02. The molecular weight excluding hydrogens is 615 g/mol. The van der Waals surface area contributed by atoms with E-state index in [9.17, 15) is 0 Å². The number of hydrogen-bond acceptors (Lipinski definition) is 0. The van der Waals surface area contributed by atoms with Crippen LogP contribution in [0.25, 0.3) is 0 Å². The molecule has 20 heavy (non-hydrogen) atoms. The van der Waals surface area contributed by atoms with Gasteiger partial charge in [-0.25, -0.2) is 0 Å². The SMILES string of the molecule is C[Si](C)(C)[CH]([Pb]([I])[CH]([Si](C)(C)C)[Si](C)(C)C)[Si](C)(C)C. The maximum atomic E-state index is 3.12. The zero-order valence-electron chi connectivity index (χ0n) is 16.0. The van der Waals surface area contributed by atoms with Crippen LogP contribution in [0.4, 0.5) is 0 Å². The van der Waals surface area contributed by atoms with Crippen LogP contribution in [-0.4, -0.2) is 50.7 Å². The van der Waals surface area contributed by atoms with E-state index in [2.05, 4.69) is 96.3 Å². The molecule has 0 saturated heterocycles. The van der Waals surface area contributed by atoms with Gasteiger partial charge in [-0.1, -0.05) is 0 Å². The van der Waals surface area contributed by atoms with E-state index in [0.29, 0.717) is 0 Å². The normalized spacial score (nSPS) is 15.6. The van der Waals surface area contributed by atoms with Crippen molar-refractivity contribution in [2.75, 3.05) is 0 Å². The molecule has 0 unspecified atom stereocenters. The Morgan fingerprint density at radius 1 is 0.500 bits per heavy atom. The summed E-state index contributed by atoms with van der Waals surface area (Å²) < 4.78 is 2.51. The Balaban J connectivity index is 5.81. The Hall–Kier alpha value is 2.52. The van der Waals surface area contributed by atoms with E-state index in [1.807, 2.05) is 0 Å². The minimum absolute atomic E-state index is 1.01. The Morgan fingerprint density at radius 3 is 0.750 bits per heavy atom. The third kappa shape index (κ3) is 6.56. The summed E-state index contributed by atoms with van der Waals surface area (Å²) in [7, 11) is -4.05. The van der Waals surface area contributed by atoms with Crippen LogP contribution < -0.4 is 0 Å². The molecule has 0 aliphatic carbocycles. The second-order valence-corrected chi connectivity index (χ2v) is 60.5. The Morgan fingerprint density at radius 2 is 0.650 bits per heavy atom. The topological polar surface area (TPSA) is 0 Å². The average Bonchev–Trinajstić information content (AvgIpc) is 1.88.